The molecule has 124 valence electrons. The van der Waals surface area contributed by atoms with E-state index in [9.17, 15) is 15.2 Å². The summed E-state index contributed by atoms with van der Waals surface area (Å²) in [4.78, 5) is 17.5. The zero-order valence-electron chi connectivity index (χ0n) is 13.5. The van der Waals surface area contributed by atoms with Gasteiger partial charge in [-0.15, -0.1) is 11.3 Å². The van der Waals surface area contributed by atoms with Crippen molar-refractivity contribution >= 4 is 22.2 Å². The van der Waals surface area contributed by atoms with Crippen LogP contribution in [0.25, 0.3) is 0 Å². The van der Waals surface area contributed by atoms with Crippen LogP contribution in [0.15, 0.2) is 24.5 Å². The van der Waals surface area contributed by atoms with Crippen LogP contribution < -0.4 is 5.32 Å². The van der Waals surface area contributed by atoms with E-state index in [4.69, 9.17) is 0 Å². The van der Waals surface area contributed by atoms with Gasteiger partial charge in [-0.2, -0.15) is 5.26 Å². The van der Waals surface area contributed by atoms with Crippen molar-refractivity contribution in [3.8, 4) is 6.07 Å². The first-order valence-electron chi connectivity index (χ1n) is 8.01. The van der Waals surface area contributed by atoms with Crippen LogP contribution in [0.2, 0.25) is 0 Å². The Morgan fingerprint density at radius 3 is 3.17 bits per heavy atom. The van der Waals surface area contributed by atoms with Crippen molar-refractivity contribution in [3.63, 3.8) is 0 Å². The average molecular weight is 341 g/mol. The normalized spacial score (nSPS) is 17.6. The standard InChI is InChI=1S/C18H19N3O2S/c1-11(12-3-2-6-20-10-12)7-17(23)21-18-15(9-19)14-5-4-13(22)8-16(14)24-18/h2-3,6,10-11,13,22H,4-5,7-8H2,1H3,(H,21,23). The molecule has 0 bridgehead atoms. The Bertz CT molecular complexity index is 780. The zero-order valence-corrected chi connectivity index (χ0v) is 14.3. The van der Waals surface area contributed by atoms with E-state index in [2.05, 4.69) is 16.4 Å². The second-order valence-corrected chi connectivity index (χ2v) is 7.26. The molecule has 3 rings (SSSR count). The summed E-state index contributed by atoms with van der Waals surface area (Å²) in [5.41, 5.74) is 2.56. The molecule has 2 aromatic rings. The van der Waals surface area contributed by atoms with Crippen LogP contribution >= 0.6 is 11.3 Å². The number of rotatable bonds is 4. The lowest BCUT2D eigenvalue weighted by atomic mass is 9.94. The van der Waals surface area contributed by atoms with Gasteiger partial charge in [0.25, 0.3) is 0 Å². The molecule has 0 radical (unpaired) electrons. The van der Waals surface area contributed by atoms with Crippen molar-refractivity contribution in [3.05, 3.63) is 46.1 Å². The molecule has 2 atom stereocenters. The Labute approximate surface area is 145 Å². The summed E-state index contributed by atoms with van der Waals surface area (Å²) >= 11 is 1.41. The molecule has 5 nitrogen and oxygen atoms in total. The molecule has 0 fully saturated rings. The zero-order chi connectivity index (χ0) is 17.1. The lowest BCUT2D eigenvalue weighted by Gasteiger charge is -2.16. The number of aliphatic hydroxyl groups excluding tert-OH is 1. The van der Waals surface area contributed by atoms with E-state index in [0.717, 1.165) is 16.0 Å². The van der Waals surface area contributed by atoms with E-state index >= 15 is 0 Å². The lowest BCUT2D eigenvalue weighted by Crippen LogP contribution is -2.17. The maximum atomic E-state index is 12.4. The van der Waals surface area contributed by atoms with Gasteiger partial charge < -0.3 is 10.4 Å². The lowest BCUT2D eigenvalue weighted by molar-refractivity contribution is -0.116. The fourth-order valence-corrected chi connectivity index (χ4v) is 4.30. The number of hydrogen-bond donors (Lipinski definition) is 2. The summed E-state index contributed by atoms with van der Waals surface area (Å²) in [5, 5.41) is 22.7. The Balaban J connectivity index is 1.72. The molecule has 2 N–H and O–H groups in total. The van der Waals surface area contributed by atoms with Crippen molar-refractivity contribution in [2.24, 2.45) is 0 Å². The first-order chi connectivity index (χ1) is 11.6. The van der Waals surface area contributed by atoms with Gasteiger partial charge in [0.2, 0.25) is 5.91 Å². The van der Waals surface area contributed by atoms with Gasteiger partial charge in [-0.05, 0) is 36.0 Å². The van der Waals surface area contributed by atoms with E-state index in [1.54, 1.807) is 12.4 Å². The molecule has 0 saturated heterocycles. The molecule has 0 aromatic carbocycles. The highest BCUT2D eigenvalue weighted by Gasteiger charge is 2.25. The van der Waals surface area contributed by atoms with Crippen LogP contribution in [-0.2, 0) is 17.6 Å². The number of carbonyl (C=O) groups excluding carboxylic acids is 1. The molecule has 1 aliphatic carbocycles. The Morgan fingerprint density at radius 1 is 1.62 bits per heavy atom. The third-order valence-electron chi connectivity index (χ3n) is 4.35. The summed E-state index contributed by atoms with van der Waals surface area (Å²) in [5.74, 6) is -0.0531. The van der Waals surface area contributed by atoms with E-state index in [1.165, 1.54) is 11.3 Å². The Kier molecular flexibility index (Phi) is 4.93. The molecule has 6 heteroatoms. The van der Waals surface area contributed by atoms with Crippen LogP contribution in [0.1, 0.15) is 47.3 Å². The summed E-state index contributed by atoms with van der Waals surface area (Å²) in [6.45, 7) is 1.98. The maximum absolute atomic E-state index is 12.4. The van der Waals surface area contributed by atoms with Gasteiger partial charge in [0.05, 0.1) is 11.7 Å². The van der Waals surface area contributed by atoms with Gasteiger partial charge >= 0.3 is 0 Å². The topological polar surface area (TPSA) is 86.0 Å². The molecular weight excluding hydrogens is 322 g/mol. The molecule has 2 unspecified atom stereocenters. The molecule has 2 aromatic heterocycles. The molecule has 2 heterocycles. The van der Waals surface area contributed by atoms with Crippen molar-refractivity contribution in [2.45, 2.75) is 44.6 Å². The number of nitrogens with one attached hydrogen (secondary N) is 1. The average Bonchev–Trinajstić information content (AvgIpc) is 2.91. The minimum absolute atomic E-state index is 0.0562. The first-order valence-corrected chi connectivity index (χ1v) is 8.82. The third-order valence-corrected chi connectivity index (χ3v) is 5.52. The molecule has 0 spiro atoms. The fraction of sp³-hybridized carbons (Fsp3) is 0.389. The van der Waals surface area contributed by atoms with Crippen molar-refractivity contribution < 1.29 is 9.90 Å². The van der Waals surface area contributed by atoms with Crippen LogP contribution in [0.5, 0.6) is 0 Å². The SMILES string of the molecule is CC(CC(=O)Nc1sc2c(c1C#N)CCC(O)C2)c1cccnc1. The largest absolute Gasteiger partial charge is 0.393 e. The predicted molar refractivity (Wildman–Crippen MR) is 93.0 cm³/mol. The fourth-order valence-electron chi connectivity index (χ4n) is 3.02. The highest BCUT2D eigenvalue weighted by atomic mass is 32.1. The second kappa shape index (κ2) is 7.12. The van der Waals surface area contributed by atoms with E-state index in [-0.39, 0.29) is 17.9 Å². The quantitative estimate of drug-likeness (QED) is 0.895. The second-order valence-electron chi connectivity index (χ2n) is 6.16. The molecule has 1 amide bonds. The Hall–Kier alpha value is -2.23. The number of nitrogens with zero attached hydrogens (tertiary/aromatic N) is 2. The van der Waals surface area contributed by atoms with Gasteiger partial charge in [-0.1, -0.05) is 13.0 Å². The number of fused-ring (bicyclic) bond motifs is 1. The predicted octanol–water partition coefficient (Wildman–Crippen LogP) is 3.00. The minimum atomic E-state index is -0.350. The monoisotopic (exact) mass is 341 g/mol. The Morgan fingerprint density at radius 2 is 2.46 bits per heavy atom. The summed E-state index contributed by atoms with van der Waals surface area (Å²) < 4.78 is 0. The number of nitriles is 1. The number of aliphatic hydroxyl groups is 1. The van der Waals surface area contributed by atoms with Crippen LogP contribution in [0.3, 0.4) is 0 Å². The summed E-state index contributed by atoms with van der Waals surface area (Å²) in [6.07, 6.45) is 5.39. The molecule has 24 heavy (non-hydrogen) atoms. The van der Waals surface area contributed by atoms with Gasteiger partial charge in [0.15, 0.2) is 0 Å². The van der Waals surface area contributed by atoms with Crippen molar-refractivity contribution in [1.82, 2.24) is 4.98 Å². The van der Waals surface area contributed by atoms with Gasteiger partial charge in [-0.3, -0.25) is 9.78 Å². The minimum Gasteiger partial charge on any atom is -0.393 e. The summed E-state index contributed by atoms with van der Waals surface area (Å²) in [6, 6.07) is 6.03. The van der Waals surface area contributed by atoms with E-state index in [0.29, 0.717) is 36.2 Å². The maximum Gasteiger partial charge on any atom is 0.225 e. The molecular formula is C18H19N3O2S. The van der Waals surface area contributed by atoms with Crippen molar-refractivity contribution in [2.75, 3.05) is 5.32 Å². The number of carbonyl (C=O) groups is 1. The van der Waals surface area contributed by atoms with Gasteiger partial charge in [-0.25, -0.2) is 0 Å². The van der Waals surface area contributed by atoms with Gasteiger partial charge in [0, 0.05) is 30.1 Å². The smallest absolute Gasteiger partial charge is 0.225 e. The summed E-state index contributed by atoms with van der Waals surface area (Å²) in [7, 11) is 0. The molecule has 1 aliphatic rings. The van der Waals surface area contributed by atoms with Crippen LogP contribution in [0, 0.1) is 11.3 Å². The molecule has 0 saturated carbocycles. The first kappa shape index (κ1) is 16.6. The number of anilines is 1. The van der Waals surface area contributed by atoms with Crippen LogP contribution in [0.4, 0.5) is 5.00 Å². The number of aromatic nitrogens is 1. The highest BCUT2D eigenvalue weighted by Crippen LogP contribution is 2.38. The number of thiophene rings is 1. The number of pyridine rings is 1. The van der Waals surface area contributed by atoms with Crippen LogP contribution in [-0.4, -0.2) is 22.1 Å². The third kappa shape index (κ3) is 3.48. The van der Waals surface area contributed by atoms with E-state index in [1.807, 2.05) is 19.1 Å². The van der Waals surface area contributed by atoms with Crippen molar-refractivity contribution in [1.29, 1.82) is 5.26 Å². The number of amides is 1. The molecule has 0 aliphatic heterocycles. The highest BCUT2D eigenvalue weighted by molar-refractivity contribution is 7.16. The van der Waals surface area contributed by atoms with Gasteiger partial charge in [0.1, 0.15) is 11.1 Å². The van der Waals surface area contributed by atoms with E-state index < -0.39 is 0 Å². The number of hydrogen-bond acceptors (Lipinski definition) is 5.